The molecule has 2 heterocycles. The van der Waals surface area contributed by atoms with Crippen molar-refractivity contribution in [3.8, 4) is 0 Å². The van der Waals surface area contributed by atoms with Crippen LogP contribution >= 0.6 is 35.7 Å². The van der Waals surface area contributed by atoms with Gasteiger partial charge < -0.3 is 15.0 Å². The van der Waals surface area contributed by atoms with Crippen molar-refractivity contribution >= 4 is 47.8 Å². The summed E-state index contributed by atoms with van der Waals surface area (Å²) in [4.78, 5) is 9.49. The van der Waals surface area contributed by atoms with E-state index in [1.165, 1.54) is 5.56 Å². The number of hydrogen-bond donors (Lipinski definition) is 1. The fraction of sp³-hybridized carbons (Fsp3) is 0.609. The summed E-state index contributed by atoms with van der Waals surface area (Å²) >= 11 is 2.07. The van der Waals surface area contributed by atoms with E-state index in [2.05, 4.69) is 81.3 Å². The first-order valence-corrected chi connectivity index (χ1v) is 11.8. The normalized spacial score (nSPS) is 20.2. The maximum absolute atomic E-state index is 5.60. The minimum absolute atomic E-state index is 0. The van der Waals surface area contributed by atoms with Crippen molar-refractivity contribution in [2.24, 2.45) is 4.99 Å². The number of hydrogen-bond acceptors (Lipinski definition) is 4. The number of ether oxygens (including phenoxy) is 1. The summed E-state index contributed by atoms with van der Waals surface area (Å²) in [6.07, 6.45) is 6.73. The van der Waals surface area contributed by atoms with Crippen LogP contribution in [0.25, 0.3) is 6.08 Å². The van der Waals surface area contributed by atoms with Crippen LogP contribution in [0.4, 0.5) is 0 Å². The summed E-state index contributed by atoms with van der Waals surface area (Å²) in [6.45, 7) is 10.2. The van der Waals surface area contributed by atoms with Gasteiger partial charge in [-0.1, -0.05) is 49.4 Å². The van der Waals surface area contributed by atoms with Crippen LogP contribution in [0.5, 0.6) is 0 Å². The van der Waals surface area contributed by atoms with Crippen molar-refractivity contribution in [2.75, 3.05) is 65.3 Å². The minimum Gasteiger partial charge on any atom is -0.381 e. The molecular formula is C23H37IN4OS. The first-order chi connectivity index (χ1) is 14.2. The molecule has 5 nitrogen and oxygen atoms in total. The summed E-state index contributed by atoms with van der Waals surface area (Å²) in [7, 11) is 1.90. The molecule has 0 spiro atoms. The topological polar surface area (TPSA) is 40.1 Å². The highest BCUT2D eigenvalue weighted by molar-refractivity contribution is 14.0. The Labute approximate surface area is 203 Å². The number of guanidine groups is 1. The zero-order valence-electron chi connectivity index (χ0n) is 18.4. The van der Waals surface area contributed by atoms with Gasteiger partial charge in [-0.15, -0.1) is 24.0 Å². The number of thioether (sulfide) groups is 1. The molecule has 2 fully saturated rings. The SMILES string of the molecule is CCSC1(CNC(=NC)N2CCN(C/C=C/c3ccccc3)CC2)CCOCC1.I. The third-order valence-electron chi connectivity index (χ3n) is 5.78. The summed E-state index contributed by atoms with van der Waals surface area (Å²) in [6, 6.07) is 10.5. The van der Waals surface area contributed by atoms with E-state index in [9.17, 15) is 0 Å². The van der Waals surface area contributed by atoms with Crippen molar-refractivity contribution in [1.29, 1.82) is 0 Å². The Morgan fingerprint density at radius 2 is 1.87 bits per heavy atom. The average molecular weight is 545 g/mol. The molecule has 7 heteroatoms. The predicted molar refractivity (Wildman–Crippen MR) is 141 cm³/mol. The molecule has 0 bridgehead atoms. The molecule has 1 aromatic rings. The zero-order valence-corrected chi connectivity index (χ0v) is 21.5. The van der Waals surface area contributed by atoms with Crippen LogP contribution in [0.1, 0.15) is 25.3 Å². The first-order valence-electron chi connectivity index (χ1n) is 10.9. The number of nitrogens with zero attached hydrogens (tertiary/aromatic N) is 3. The van der Waals surface area contributed by atoms with Gasteiger partial charge in [0.15, 0.2) is 5.96 Å². The molecule has 0 radical (unpaired) electrons. The van der Waals surface area contributed by atoms with E-state index in [-0.39, 0.29) is 28.7 Å². The summed E-state index contributed by atoms with van der Waals surface area (Å²) in [5, 5.41) is 3.68. The second-order valence-electron chi connectivity index (χ2n) is 7.73. The molecule has 0 atom stereocenters. The molecule has 3 rings (SSSR count). The molecule has 2 aliphatic heterocycles. The third-order valence-corrected chi connectivity index (χ3v) is 7.23. The lowest BCUT2D eigenvalue weighted by atomic mass is 9.99. The fourth-order valence-electron chi connectivity index (χ4n) is 4.04. The Kier molecular flexibility index (Phi) is 11.6. The number of piperazine rings is 1. The second kappa shape index (κ2) is 13.6. The van der Waals surface area contributed by atoms with Crippen molar-refractivity contribution < 1.29 is 4.74 Å². The Hall–Kier alpha value is -0.770. The van der Waals surface area contributed by atoms with Crippen LogP contribution < -0.4 is 5.32 Å². The average Bonchev–Trinajstić information content (AvgIpc) is 2.77. The molecule has 0 amide bonds. The van der Waals surface area contributed by atoms with Crippen LogP contribution in [0, 0.1) is 0 Å². The van der Waals surface area contributed by atoms with Gasteiger partial charge in [0.25, 0.3) is 0 Å². The lowest BCUT2D eigenvalue weighted by Gasteiger charge is -2.40. The van der Waals surface area contributed by atoms with E-state index in [0.717, 1.165) is 77.0 Å². The van der Waals surface area contributed by atoms with Gasteiger partial charge in [-0.2, -0.15) is 11.8 Å². The molecule has 0 unspecified atom stereocenters. The predicted octanol–water partition coefficient (Wildman–Crippen LogP) is 3.81. The van der Waals surface area contributed by atoms with E-state index in [1.807, 2.05) is 7.05 Å². The van der Waals surface area contributed by atoms with Gasteiger partial charge in [-0.05, 0) is 24.2 Å². The number of benzene rings is 1. The highest BCUT2D eigenvalue weighted by Crippen LogP contribution is 2.34. The Morgan fingerprint density at radius 3 is 2.50 bits per heavy atom. The molecule has 2 aliphatic rings. The van der Waals surface area contributed by atoms with Crippen molar-refractivity contribution in [2.45, 2.75) is 24.5 Å². The van der Waals surface area contributed by atoms with Crippen LogP contribution in [0.15, 0.2) is 41.4 Å². The van der Waals surface area contributed by atoms with Gasteiger partial charge >= 0.3 is 0 Å². The maximum Gasteiger partial charge on any atom is 0.193 e. The van der Waals surface area contributed by atoms with E-state index in [1.54, 1.807) is 0 Å². The van der Waals surface area contributed by atoms with Gasteiger partial charge in [0.1, 0.15) is 0 Å². The summed E-state index contributed by atoms with van der Waals surface area (Å²) in [5.74, 6) is 2.20. The van der Waals surface area contributed by atoms with Gasteiger partial charge in [-0.25, -0.2) is 0 Å². The van der Waals surface area contributed by atoms with Crippen LogP contribution in [0.3, 0.4) is 0 Å². The molecule has 168 valence electrons. The molecule has 2 saturated heterocycles. The fourth-order valence-corrected chi connectivity index (χ4v) is 5.28. The summed E-state index contributed by atoms with van der Waals surface area (Å²) in [5.41, 5.74) is 1.27. The van der Waals surface area contributed by atoms with E-state index in [4.69, 9.17) is 4.74 Å². The lowest BCUT2D eigenvalue weighted by Crippen LogP contribution is -2.54. The second-order valence-corrected chi connectivity index (χ2v) is 9.46. The maximum atomic E-state index is 5.60. The Morgan fingerprint density at radius 1 is 1.17 bits per heavy atom. The molecule has 0 aromatic heterocycles. The molecular weight excluding hydrogens is 507 g/mol. The highest BCUT2D eigenvalue weighted by atomic mass is 127. The Balaban J connectivity index is 0.00000320. The van der Waals surface area contributed by atoms with Crippen LogP contribution in [0.2, 0.25) is 0 Å². The largest absolute Gasteiger partial charge is 0.381 e. The van der Waals surface area contributed by atoms with Crippen molar-refractivity contribution in [3.05, 3.63) is 42.0 Å². The molecule has 1 aromatic carbocycles. The van der Waals surface area contributed by atoms with E-state index >= 15 is 0 Å². The van der Waals surface area contributed by atoms with Gasteiger partial charge in [0.05, 0.1) is 0 Å². The van der Waals surface area contributed by atoms with E-state index < -0.39 is 0 Å². The zero-order chi connectivity index (χ0) is 20.4. The van der Waals surface area contributed by atoms with Gasteiger partial charge in [0.2, 0.25) is 0 Å². The molecule has 0 saturated carbocycles. The Bertz CT molecular complexity index is 651. The van der Waals surface area contributed by atoms with Crippen molar-refractivity contribution in [1.82, 2.24) is 15.1 Å². The minimum atomic E-state index is 0. The number of halogens is 1. The highest BCUT2D eigenvalue weighted by Gasteiger charge is 2.33. The lowest BCUT2D eigenvalue weighted by molar-refractivity contribution is 0.0779. The van der Waals surface area contributed by atoms with Crippen molar-refractivity contribution in [3.63, 3.8) is 0 Å². The monoisotopic (exact) mass is 544 g/mol. The molecule has 1 N–H and O–H groups in total. The first kappa shape index (κ1) is 25.5. The van der Waals surface area contributed by atoms with Gasteiger partial charge in [0, 0.05) is 64.3 Å². The van der Waals surface area contributed by atoms with Gasteiger partial charge in [-0.3, -0.25) is 9.89 Å². The number of rotatable bonds is 7. The molecule has 0 aliphatic carbocycles. The standard InChI is InChI=1S/C23H36N4OS.HI/c1-3-29-23(11-18-28-19-12-23)20-25-22(24-2)27-16-14-26(15-17-27)13-7-10-21-8-5-4-6-9-21;/h4-10H,3,11-20H2,1-2H3,(H,24,25);1H/b10-7+;. The van der Waals surface area contributed by atoms with Crippen LogP contribution in [-0.2, 0) is 4.74 Å². The van der Waals surface area contributed by atoms with E-state index in [0.29, 0.717) is 0 Å². The summed E-state index contributed by atoms with van der Waals surface area (Å²) < 4.78 is 5.88. The third kappa shape index (κ3) is 7.73. The quantitative estimate of drug-likeness (QED) is 0.321. The number of aliphatic imine (C=N–C) groups is 1. The molecule has 30 heavy (non-hydrogen) atoms. The smallest absolute Gasteiger partial charge is 0.193 e. The van der Waals surface area contributed by atoms with Crippen LogP contribution in [-0.4, -0.2) is 85.8 Å². The number of nitrogens with one attached hydrogen (secondary N) is 1.